The highest BCUT2D eigenvalue weighted by Crippen LogP contribution is 2.26. The number of rotatable bonds is 4. The van der Waals surface area contributed by atoms with Gasteiger partial charge in [-0.25, -0.2) is 0 Å². The summed E-state index contributed by atoms with van der Waals surface area (Å²) < 4.78 is 9.02. The second-order valence-electron chi connectivity index (χ2n) is 4.80. The number of ether oxygens (including phenoxy) is 1. The van der Waals surface area contributed by atoms with Crippen LogP contribution in [0.4, 0.5) is 0 Å². The van der Waals surface area contributed by atoms with Crippen LogP contribution in [0.3, 0.4) is 0 Å². The lowest BCUT2D eigenvalue weighted by Crippen LogP contribution is -2.00. The first kappa shape index (κ1) is 12.2. The fourth-order valence-corrected chi connectivity index (χ4v) is 2.93. The summed E-state index contributed by atoms with van der Waals surface area (Å²) in [6.45, 7) is 4.79. The van der Waals surface area contributed by atoms with Crippen molar-refractivity contribution in [3.05, 3.63) is 47.6 Å². The molecule has 0 radical (unpaired) electrons. The molecule has 19 heavy (non-hydrogen) atoms. The van der Waals surface area contributed by atoms with Gasteiger partial charge in [-0.1, -0.05) is 18.2 Å². The zero-order valence-electron chi connectivity index (χ0n) is 11.0. The molecule has 0 atom stereocenters. The lowest BCUT2D eigenvalue weighted by atomic mass is 10.2. The molecule has 3 rings (SSSR count). The molecular formula is C15H16N2OS. The predicted octanol–water partition coefficient (Wildman–Crippen LogP) is 4.26. The van der Waals surface area contributed by atoms with E-state index in [1.165, 1.54) is 15.6 Å². The van der Waals surface area contributed by atoms with Crippen LogP contribution < -0.4 is 4.74 Å². The van der Waals surface area contributed by atoms with E-state index in [2.05, 4.69) is 48.6 Å². The first-order chi connectivity index (χ1) is 9.24. The lowest BCUT2D eigenvalue weighted by Gasteiger charge is -2.04. The molecule has 2 aromatic heterocycles. The van der Waals surface area contributed by atoms with E-state index in [4.69, 9.17) is 4.74 Å². The van der Waals surface area contributed by atoms with Crippen LogP contribution in [-0.2, 0) is 6.61 Å². The number of benzene rings is 1. The van der Waals surface area contributed by atoms with Crippen molar-refractivity contribution in [3.63, 3.8) is 0 Å². The van der Waals surface area contributed by atoms with E-state index >= 15 is 0 Å². The summed E-state index contributed by atoms with van der Waals surface area (Å²) >= 11 is 1.76. The lowest BCUT2D eigenvalue weighted by molar-refractivity contribution is 0.307. The fourth-order valence-electron chi connectivity index (χ4n) is 1.98. The molecule has 1 aromatic carbocycles. The van der Waals surface area contributed by atoms with Gasteiger partial charge in [-0.05, 0) is 30.7 Å². The van der Waals surface area contributed by atoms with Crippen LogP contribution in [0, 0.1) is 0 Å². The molecule has 0 bridgehead atoms. The maximum absolute atomic E-state index is 5.81. The van der Waals surface area contributed by atoms with Crippen LogP contribution in [0.15, 0.2) is 42.0 Å². The van der Waals surface area contributed by atoms with Crippen LogP contribution in [-0.4, -0.2) is 9.78 Å². The molecule has 0 N–H and O–H groups in total. The van der Waals surface area contributed by atoms with Crippen LogP contribution in [0.5, 0.6) is 5.75 Å². The van der Waals surface area contributed by atoms with Gasteiger partial charge in [0.1, 0.15) is 6.61 Å². The van der Waals surface area contributed by atoms with Crippen molar-refractivity contribution < 1.29 is 4.74 Å². The van der Waals surface area contributed by atoms with Crippen LogP contribution in [0.1, 0.15) is 25.5 Å². The van der Waals surface area contributed by atoms with Gasteiger partial charge in [0.25, 0.3) is 0 Å². The summed E-state index contributed by atoms with van der Waals surface area (Å²) in [4.78, 5) is 0. The van der Waals surface area contributed by atoms with Crippen LogP contribution >= 0.6 is 11.3 Å². The Morgan fingerprint density at radius 3 is 2.95 bits per heavy atom. The van der Waals surface area contributed by atoms with Gasteiger partial charge in [0.15, 0.2) is 5.75 Å². The molecule has 0 unspecified atom stereocenters. The standard InChI is InChI=1S/C15H16N2OS/c1-11(2)17-8-13(7-16-17)18-9-12-10-19-15-6-4-3-5-14(12)15/h3-8,10-11H,9H2,1-2H3. The van der Waals surface area contributed by atoms with E-state index in [1.807, 2.05) is 10.9 Å². The maximum atomic E-state index is 5.81. The van der Waals surface area contributed by atoms with E-state index in [0.717, 1.165) is 5.75 Å². The smallest absolute Gasteiger partial charge is 0.157 e. The first-order valence-electron chi connectivity index (χ1n) is 6.36. The minimum absolute atomic E-state index is 0.360. The predicted molar refractivity (Wildman–Crippen MR) is 78.8 cm³/mol. The zero-order chi connectivity index (χ0) is 13.2. The summed E-state index contributed by atoms with van der Waals surface area (Å²) in [6, 6.07) is 8.77. The van der Waals surface area contributed by atoms with Gasteiger partial charge >= 0.3 is 0 Å². The Morgan fingerprint density at radius 1 is 1.32 bits per heavy atom. The molecule has 2 heterocycles. The summed E-state index contributed by atoms with van der Waals surface area (Å²) in [5.74, 6) is 0.823. The third-order valence-electron chi connectivity index (χ3n) is 3.06. The average molecular weight is 272 g/mol. The minimum Gasteiger partial charge on any atom is -0.486 e. The summed E-state index contributed by atoms with van der Waals surface area (Å²) in [5, 5.41) is 7.72. The number of nitrogens with zero attached hydrogens (tertiary/aromatic N) is 2. The second-order valence-corrected chi connectivity index (χ2v) is 5.71. The van der Waals surface area contributed by atoms with Gasteiger partial charge in [0.2, 0.25) is 0 Å². The fraction of sp³-hybridized carbons (Fsp3) is 0.267. The van der Waals surface area contributed by atoms with Crippen molar-refractivity contribution in [2.75, 3.05) is 0 Å². The van der Waals surface area contributed by atoms with Gasteiger partial charge < -0.3 is 4.74 Å². The van der Waals surface area contributed by atoms with Gasteiger partial charge in [-0.2, -0.15) is 5.10 Å². The van der Waals surface area contributed by atoms with E-state index in [-0.39, 0.29) is 0 Å². The summed E-state index contributed by atoms with van der Waals surface area (Å²) in [7, 11) is 0. The summed E-state index contributed by atoms with van der Waals surface area (Å²) in [6.07, 6.45) is 3.72. The Bertz CT molecular complexity index is 684. The Morgan fingerprint density at radius 2 is 2.16 bits per heavy atom. The molecule has 0 aliphatic heterocycles. The topological polar surface area (TPSA) is 27.1 Å². The second kappa shape index (κ2) is 5.05. The van der Waals surface area contributed by atoms with Crippen molar-refractivity contribution in [1.82, 2.24) is 9.78 Å². The Hall–Kier alpha value is -1.81. The van der Waals surface area contributed by atoms with Gasteiger partial charge in [0, 0.05) is 16.3 Å². The van der Waals surface area contributed by atoms with Crippen molar-refractivity contribution >= 4 is 21.4 Å². The first-order valence-corrected chi connectivity index (χ1v) is 7.24. The molecular weight excluding hydrogens is 256 g/mol. The molecule has 3 aromatic rings. The number of hydrogen-bond acceptors (Lipinski definition) is 3. The highest BCUT2D eigenvalue weighted by atomic mass is 32.1. The zero-order valence-corrected chi connectivity index (χ0v) is 11.9. The Kier molecular flexibility index (Phi) is 3.25. The number of thiophene rings is 1. The molecule has 0 amide bonds. The molecule has 0 fully saturated rings. The molecule has 3 nitrogen and oxygen atoms in total. The molecule has 4 heteroatoms. The Labute approximate surface area is 116 Å². The van der Waals surface area contributed by atoms with Gasteiger partial charge in [0.05, 0.1) is 12.4 Å². The largest absolute Gasteiger partial charge is 0.486 e. The highest BCUT2D eigenvalue weighted by molar-refractivity contribution is 7.17. The SMILES string of the molecule is CC(C)n1cc(OCc2csc3ccccc23)cn1. The normalized spacial score (nSPS) is 11.3. The van der Waals surface area contributed by atoms with E-state index < -0.39 is 0 Å². The van der Waals surface area contributed by atoms with E-state index in [0.29, 0.717) is 12.6 Å². The average Bonchev–Trinajstić information content (AvgIpc) is 3.03. The third kappa shape index (κ3) is 2.49. The van der Waals surface area contributed by atoms with Gasteiger partial charge in [-0.15, -0.1) is 11.3 Å². The summed E-state index contributed by atoms with van der Waals surface area (Å²) in [5.41, 5.74) is 1.23. The van der Waals surface area contributed by atoms with Crippen molar-refractivity contribution in [2.45, 2.75) is 26.5 Å². The molecule has 98 valence electrons. The van der Waals surface area contributed by atoms with Crippen molar-refractivity contribution in [3.8, 4) is 5.75 Å². The number of aromatic nitrogens is 2. The minimum atomic E-state index is 0.360. The highest BCUT2D eigenvalue weighted by Gasteiger charge is 2.06. The molecule has 0 saturated carbocycles. The van der Waals surface area contributed by atoms with Gasteiger partial charge in [-0.3, -0.25) is 4.68 Å². The van der Waals surface area contributed by atoms with Crippen molar-refractivity contribution in [1.29, 1.82) is 0 Å². The maximum Gasteiger partial charge on any atom is 0.157 e. The third-order valence-corrected chi connectivity index (χ3v) is 4.07. The van der Waals surface area contributed by atoms with Crippen molar-refractivity contribution in [2.24, 2.45) is 0 Å². The van der Waals surface area contributed by atoms with Crippen LogP contribution in [0.2, 0.25) is 0 Å². The monoisotopic (exact) mass is 272 g/mol. The number of fused-ring (bicyclic) bond motifs is 1. The molecule has 0 spiro atoms. The van der Waals surface area contributed by atoms with E-state index in [9.17, 15) is 0 Å². The quantitative estimate of drug-likeness (QED) is 0.709. The molecule has 0 saturated heterocycles. The van der Waals surface area contributed by atoms with Crippen LogP contribution in [0.25, 0.3) is 10.1 Å². The number of hydrogen-bond donors (Lipinski definition) is 0. The van der Waals surface area contributed by atoms with E-state index in [1.54, 1.807) is 17.5 Å². The Balaban J connectivity index is 1.75. The molecule has 0 aliphatic rings. The molecule has 0 aliphatic carbocycles.